The number of anilines is 1. The van der Waals surface area contributed by atoms with E-state index >= 15 is 0 Å². The van der Waals surface area contributed by atoms with E-state index in [1.807, 2.05) is 6.07 Å². The van der Waals surface area contributed by atoms with Gasteiger partial charge in [0.15, 0.2) is 0 Å². The van der Waals surface area contributed by atoms with E-state index in [2.05, 4.69) is 33.3 Å². The molecule has 4 heteroatoms. The summed E-state index contributed by atoms with van der Waals surface area (Å²) in [6, 6.07) is 8.44. The van der Waals surface area contributed by atoms with Crippen LogP contribution >= 0.6 is 0 Å². The molecular formula is C17H27N3O. The molecular weight excluding hydrogens is 262 g/mol. The van der Waals surface area contributed by atoms with Crippen LogP contribution in [0, 0.1) is 5.92 Å². The molecule has 0 radical (unpaired) electrons. The van der Waals surface area contributed by atoms with Gasteiger partial charge in [-0.15, -0.1) is 0 Å². The molecule has 2 heterocycles. The van der Waals surface area contributed by atoms with Crippen molar-refractivity contribution in [3.8, 4) is 5.75 Å². The van der Waals surface area contributed by atoms with Gasteiger partial charge >= 0.3 is 0 Å². The molecule has 116 valence electrons. The number of nitrogens with one attached hydrogen (secondary N) is 1. The van der Waals surface area contributed by atoms with Crippen LogP contribution in [0.15, 0.2) is 24.3 Å². The molecule has 0 spiro atoms. The Hall–Kier alpha value is -1.26. The second kappa shape index (κ2) is 7.14. The Kier molecular flexibility index (Phi) is 4.99. The van der Waals surface area contributed by atoms with Crippen LogP contribution in [-0.4, -0.2) is 57.8 Å². The topological polar surface area (TPSA) is 27.7 Å². The number of methoxy groups -OCH3 is 1. The number of piperazine rings is 1. The highest BCUT2D eigenvalue weighted by Crippen LogP contribution is 2.26. The van der Waals surface area contributed by atoms with Crippen molar-refractivity contribution in [1.82, 2.24) is 10.2 Å². The van der Waals surface area contributed by atoms with Crippen molar-refractivity contribution in [3.05, 3.63) is 24.3 Å². The Bertz CT molecular complexity index is 437. The molecule has 0 saturated carbocycles. The van der Waals surface area contributed by atoms with Crippen molar-refractivity contribution in [2.75, 3.05) is 57.8 Å². The first-order valence-corrected chi connectivity index (χ1v) is 8.17. The van der Waals surface area contributed by atoms with Gasteiger partial charge in [-0.3, -0.25) is 0 Å². The van der Waals surface area contributed by atoms with E-state index < -0.39 is 0 Å². The van der Waals surface area contributed by atoms with Gasteiger partial charge in [-0.05, 0) is 30.9 Å². The SMILES string of the molecule is COc1cccc(N2CCC(CN3CCNCC3)CC2)c1. The first kappa shape index (κ1) is 14.7. The number of rotatable bonds is 4. The zero-order valence-electron chi connectivity index (χ0n) is 13.1. The zero-order chi connectivity index (χ0) is 14.5. The van der Waals surface area contributed by atoms with Crippen LogP contribution in [-0.2, 0) is 0 Å². The molecule has 3 rings (SSSR count). The molecule has 1 aromatic rings. The number of benzene rings is 1. The average molecular weight is 289 g/mol. The molecule has 0 unspecified atom stereocenters. The van der Waals surface area contributed by atoms with Crippen molar-refractivity contribution < 1.29 is 4.74 Å². The summed E-state index contributed by atoms with van der Waals surface area (Å²) in [5.74, 6) is 1.82. The summed E-state index contributed by atoms with van der Waals surface area (Å²) in [7, 11) is 1.73. The fourth-order valence-electron chi connectivity index (χ4n) is 3.44. The minimum atomic E-state index is 0.866. The highest BCUT2D eigenvalue weighted by atomic mass is 16.5. The van der Waals surface area contributed by atoms with Crippen LogP contribution in [0.25, 0.3) is 0 Å². The second-order valence-corrected chi connectivity index (χ2v) is 6.18. The lowest BCUT2D eigenvalue weighted by atomic mass is 9.95. The molecule has 0 aliphatic carbocycles. The maximum Gasteiger partial charge on any atom is 0.120 e. The molecule has 0 aromatic heterocycles. The highest BCUT2D eigenvalue weighted by molar-refractivity contribution is 5.51. The monoisotopic (exact) mass is 289 g/mol. The van der Waals surface area contributed by atoms with Gasteiger partial charge < -0.3 is 19.9 Å². The van der Waals surface area contributed by atoms with E-state index in [0.29, 0.717) is 0 Å². The molecule has 2 saturated heterocycles. The fraction of sp³-hybridized carbons (Fsp3) is 0.647. The van der Waals surface area contributed by atoms with Gasteiger partial charge in [-0.2, -0.15) is 0 Å². The van der Waals surface area contributed by atoms with Crippen LogP contribution < -0.4 is 15.0 Å². The summed E-state index contributed by atoms with van der Waals surface area (Å²) in [6.45, 7) is 8.37. The summed E-state index contributed by atoms with van der Waals surface area (Å²) >= 11 is 0. The molecule has 1 N–H and O–H groups in total. The quantitative estimate of drug-likeness (QED) is 0.915. The first-order valence-electron chi connectivity index (χ1n) is 8.17. The predicted molar refractivity (Wildman–Crippen MR) is 87.2 cm³/mol. The number of piperidine rings is 1. The Morgan fingerprint density at radius 1 is 1.14 bits per heavy atom. The lowest BCUT2D eigenvalue weighted by molar-refractivity contribution is 0.190. The summed E-state index contributed by atoms with van der Waals surface area (Å²) in [4.78, 5) is 5.12. The molecule has 21 heavy (non-hydrogen) atoms. The maximum absolute atomic E-state index is 5.33. The van der Waals surface area contributed by atoms with Crippen molar-refractivity contribution in [2.24, 2.45) is 5.92 Å². The van der Waals surface area contributed by atoms with Crippen LogP contribution in [0.3, 0.4) is 0 Å². The van der Waals surface area contributed by atoms with Crippen LogP contribution in [0.2, 0.25) is 0 Å². The van der Waals surface area contributed by atoms with Crippen LogP contribution in [0.5, 0.6) is 5.75 Å². The standard InChI is InChI=1S/C17H27N3O/c1-21-17-4-2-3-16(13-17)20-9-5-15(6-10-20)14-19-11-7-18-8-12-19/h2-4,13,15,18H,5-12,14H2,1H3. The summed E-state index contributed by atoms with van der Waals surface area (Å²) in [5.41, 5.74) is 1.30. The average Bonchev–Trinajstić information content (AvgIpc) is 2.56. The minimum absolute atomic E-state index is 0.866. The van der Waals surface area contributed by atoms with Gasteiger partial charge in [0.2, 0.25) is 0 Å². The molecule has 0 bridgehead atoms. The Balaban J connectivity index is 1.50. The minimum Gasteiger partial charge on any atom is -0.497 e. The van der Waals surface area contributed by atoms with Gasteiger partial charge in [0.05, 0.1) is 7.11 Å². The molecule has 1 aromatic carbocycles. The second-order valence-electron chi connectivity index (χ2n) is 6.18. The Morgan fingerprint density at radius 2 is 1.90 bits per heavy atom. The van der Waals surface area contributed by atoms with E-state index in [0.717, 1.165) is 24.8 Å². The molecule has 2 aliphatic rings. The van der Waals surface area contributed by atoms with Gasteiger partial charge in [0, 0.05) is 57.6 Å². The Labute approximate surface area is 128 Å². The van der Waals surface area contributed by atoms with E-state index in [1.165, 1.54) is 51.3 Å². The maximum atomic E-state index is 5.33. The van der Waals surface area contributed by atoms with Crippen molar-refractivity contribution in [1.29, 1.82) is 0 Å². The molecule has 2 aliphatic heterocycles. The number of nitrogens with zero attached hydrogens (tertiary/aromatic N) is 2. The zero-order valence-corrected chi connectivity index (χ0v) is 13.1. The summed E-state index contributed by atoms with van der Waals surface area (Å²) in [6.07, 6.45) is 2.61. The van der Waals surface area contributed by atoms with Crippen LogP contribution in [0.4, 0.5) is 5.69 Å². The molecule has 4 nitrogen and oxygen atoms in total. The van der Waals surface area contributed by atoms with Crippen molar-refractivity contribution >= 4 is 5.69 Å². The van der Waals surface area contributed by atoms with E-state index in [4.69, 9.17) is 4.74 Å². The first-order chi connectivity index (χ1) is 10.3. The Morgan fingerprint density at radius 3 is 2.62 bits per heavy atom. The smallest absolute Gasteiger partial charge is 0.120 e. The third-order valence-electron chi connectivity index (χ3n) is 4.76. The van der Waals surface area contributed by atoms with E-state index in [-0.39, 0.29) is 0 Å². The van der Waals surface area contributed by atoms with Crippen molar-refractivity contribution in [2.45, 2.75) is 12.8 Å². The van der Waals surface area contributed by atoms with Crippen molar-refractivity contribution in [3.63, 3.8) is 0 Å². The van der Waals surface area contributed by atoms with Gasteiger partial charge in [0.1, 0.15) is 5.75 Å². The predicted octanol–water partition coefficient (Wildman–Crippen LogP) is 1.82. The van der Waals surface area contributed by atoms with E-state index in [9.17, 15) is 0 Å². The summed E-state index contributed by atoms with van der Waals surface area (Å²) < 4.78 is 5.33. The lowest BCUT2D eigenvalue weighted by Crippen LogP contribution is -2.46. The molecule has 0 amide bonds. The largest absolute Gasteiger partial charge is 0.497 e. The third-order valence-corrected chi connectivity index (χ3v) is 4.76. The van der Waals surface area contributed by atoms with Gasteiger partial charge in [-0.1, -0.05) is 6.07 Å². The number of hydrogen-bond donors (Lipinski definition) is 1. The van der Waals surface area contributed by atoms with Gasteiger partial charge in [-0.25, -0.2) is 0 Å². The fourth-order valence-corrected chi connectivity index (χ4v) is 3.44. The van der Waals surface area contributed by atoms with E-state index in [1.54, 1.807) is 7.11 Å². The van der Waals surface area contributed by atoms with Crippen LogP contribution in [0.1, 0.15) is 12.8 Å². The lowest BCUT2D eigenvalue weighted by Gasteiger charge is -2.37. The number of hydrogen-bond acceptors (Lipinski definition) is 4. The highest BCUT2D eigenvalue weighted by Gasteiger charge is 2.22. The normalized spacial score (nSPS) is 21.5. The molecule has 2 fully saturated rings. The van der Waals surface area contributed by atoms with Gasteiger partial charge in [0.25, 0.3) is 0 Å². The molecule has 0 atom stereocenters. The third kappa shape index (κ3) is 3.89. The number of ether oxygens (including phenoxy) is 1. The summed E-state index contributed by atoms with van der Waals surface area (Å²) in [5, 5.41) is 3.43.